The third kappa shape index (κ3) is 2.73. The summed E-state index contributed by atoms with van der Waals surface area (Å²) in [4.78, 5) is 9.57. The predicted octanol–water partition coefficient (Wildman–Crippen LogP) is 1.56. The minimum Gasteiger partial charge on any atom is -0.329 e. The molecule has 1 aromatic rings. The van der Waals surface area contributed by atoms with Crippen molar-refractivity contribution in [3.05, 3.63) is 29.6 Å². The van der Waals surface area contributed by atoms with Gasteiger partial charge in [-0.05, 0) is 56.5 Å². The maximum atomic E-state index is 6.11. The van der Waals surface area contributed by atoms with Gasteiger partial charge in [0, 0.05) is 44.1 Å². The van der Waals surface area contributed by atoms with E-state index in [0.717, 1.165) is 19.1 Å². The molecule has 0 spiro atoms. The quantitative estimate of drug-likeness (QED) is 0.908. The summed E-state index contributed by atoms with van der Waals surface area (Å²) in [5, 5.41) is 0. The lowest BCUT2D eigenvalue weighted by atomic mass is 10.0. The summed E-state index contributed by atoms with van der Waals surface area (Å²) >= 11 is 0. The van der Waals surface area contributed by atoms with Crippen molar-refractivity contribution in [3.8, 4) is 0 Å². The first-order valence-corrected chi connectivity index (χ1v) is 7.88. The molecule has 0 radical (unpaired) electrons. The van der Waals surface area contributed by atoms with Crippen LogP contribution in [0, 0.1) is 6.92 Å². The number of pyridine rings is 1. The number of nitrogens with two attached hydrogens (primary N) is 1. The fraction of sp³-hybridized carbons (Fsp3) is 0.688. The van der Waals surface area contributed by atoms with E-state index in [-0.39, 0.29) is 0 Å². The number of fused-ring (bicyclic) bond motifs is 1. The molecule has 4 heteroatoms. The number of aryl methyl sites for hydroxylation is 1. The van der Waals surface area contributed by atoms with Gasteiger partial charge in [0.25, 0.3) is 0 Å². The van der Waals surface area contributed by atoms with Gasteiger partial charge >= 0.3 is 0 Å². The Morgan fingerprint density at radius 1 is 1.35 bits per heavy atom. The van der Waals surface area contributed by atoms with Gasteiger partial charge in [0.05, 0.1) is 0 Å². The Labute approximate surface area is 122 Å². The summed E-state index contributed by atoms with van der Waals surface area (Å²) in [5.41, 5.74) is 8.72. The maximum absolute atomic E-state index is 6.11. The van der Waals surface area contributed by atoms with Gasteiger partial charge in [-0.3, -0.25) is 14.8 Å². The molecule has 2 unspecified atom stereocenters. The van der Waals surface area contributed by atoms with Gasteiger partial charge in [0.15, 0.2) is 0 Å². The van der Waals surface area contributed by atoms with Crippen LogP contribution in [0.4, 0.5) is 0 Å². The largest absolute Gasteiger partial charge is 0.329 e. The Balaban J connectivity index is 1.80. The number of rotatable bonds is 3. The van der Waals surface area contributed by atoms with Crippen molar-refractivity contribution >= 4 is 0 Å². The first-order valence-electron chi connectivity index (χ1n) is 7.88. The van der Waals surface area contributed by atoms with E-state index in [0.29, 0.717) is 12.6 Å². The Morgan fingerprint density at radius 2 is 2.20 bits per heavy atom. The monoisotopic (exact) mass is 274 g/mol. The Bertz CT molecular complexity index is 448. The Hall–Kier alpha value is -0.970. The van der Waals surface area contributed by atoms with Crippen molar-refractivity contribution in [2.24, 2.45) is 5.73 Å². The average Bonchev–Trinajstić information content (AvgIpc) is 2.80. The highest BCUT2D eigenvalue weighted by molar-refractivity contribution is 5.25. The molecule has 2 atom stereocenters. The van der Waals surface area contributed by atoms with Gasteiger partial charge in [-0.2, -0.15) is 0 Å². The van der Waals surface area contributed by atoms with Crippen LogP contribution in [0.3, 0.4) is 0 Å². The molecule has 0 aromatic carbocycles. The van der Waals surface area contributed by atoms with E-state index in [4.69, 9.17) is 5.73 Å². The zero-order valence-corrected chi connectivity index (χ0v) is 12.5. The highest BCUT2D eigenvalue weighted by Gasteiger charge is 2.31. The Kier molecular flexibility index (Phi) is 4.34. The second kappa shape index (κ2) is 6.20. The summed E-state index contributed by atoms with van der Waals surface area (Å²) < 4.78 is 0. The van der Waals surface area contributed by atoms with Crippen LogP contribution < -0.4 is 5.73 Å². The smallest absolute Gasteiger partial charge is 0.0488 e. The minimum absolute atomic E-state index is 0.323. The normalized spacial score (nSPS) is 26.2. The van der Waals surface area contributed by atoms with Crippen molar-refractivity contribution < 1.29 is 0 Å². The SMILES string of the molecule is Cc1ccncc1C(CN)N1CCCN2CCCC2C1. The van der Waals surface area contributed by atoms with E-state index < -0.39 is 0 Å². The number of aromatic nitrogens is 1. The molecule has 2 N–H and O–H groups in total. The zero-order valence-electron chi connectivity index (χ0n) is 12.5. The van der Waals surface area contributed by atoms with Crippen molar-refractivity contribution in [1.82, 2.24) is 14.8 Å². The van der Waals surface area contributed by atoms with E-state index >= 15 is 0 Å². The summed E-state index contributed by atoms with van der Waals surface area (Å²) in [6, 6.07) is 3.16. The summed E-state index contributed by atoms with van der Waals surface area (Å²) in [7, 11) is 0. The molecule has 3 rings (SSSR count). The van der Waals surface area contributed by atoms with Crippen molar-refractivity contribution in [2.75, 3.05) is 32.7 Å². The molecule has 2 aliphatic rings. The molecule has 3 heterocycles. The molecule has 110 valence electrons. The van der Waals surface area contributed by atoms with E-state index in [2.05, 4.69) is 27.8 Å². The summed E-state index contributed by atoms with van der Waals surface area (Å²) in [5.74, 6) is 0. The van der Waals surface area contributed by atoms with Crippen molar-refractivity contribution in [2.45, 2.75) is 38.3 Å². The highest BCUT2D eigenvalue weighted by atomic mass is 15.3. The van der Waals surface area contributed by atoms with Crippen LogP contribution in [0.2, 0.25) is 0 Å². The molecule has 0 amide bonds. The van der Waals surface area contributed by atoms with Gasteiger partial charge in [0.2, 0.25) is 0 Å². The molecule has 20 heavy (non-hydrogen) atoms. The molecular formula is C16H26N4. The zero-order chi connectivity index (χ0) is 13.9. The highest BCUT2D eigenvalue weighted by Crippen LogP contribution is 2.28. The second-order valence-corrected chi connectivity index (χ2v) is 6.16. The van der Waals surface area contributed by atoms with Gasteiger partial charge in [-0.25, -0.2) is 0 Å². The van der Waals surface area contributed by atoms with Crippen molar-refractivity contribution in [3.63, 3.8) is 0 Å². The predicted molar refractivity (Wildman–Crippen MR) is 81.6 cm³/mol. The van der Waals surface area contributed by atoms with E-state index in [1.807, 2.05) is 12.4 Å². The van der Waals surface area contributed by atoms with Crippen LogP contribution in [0.5, 0.6) is 0 Å². The molecule has 2 aliphatic heterocycles. The first-order chi connectivity index (χ1) is 9.79. The molecule has 1 aromatic heterocycles. The van der Waals surface area contributed by atoms with Crippen LogP contribution in [-0.2, 0) is 0 Å². The van der Waals surface area contributed by atoms with E-state index in [9.17, 15) is 0 Å². The lowest BCUT2D eigenvalue weighted by molar-refractivity contribution is 0.175. The fourth-order valence-electron chi connectivity index (χ4n) is 3.82. The van der Waals surface area contributed by atoms with Crippen LogP contribution in [0.15, 0.2) is 18.5 Å². The van der Waals surface area contributed by atoms with E-state index in [1.165, 1.54) is 43.5 Å². The molecule has 0 saturated carbocycles. The van der Waals surface area contributed by atoms with Crippen LogP contribution in [0.25, 0.3) is 0 Å². The van der Waals surface area contributed by atoms with E-state index in [1.54, 1.807) is 0 Å². The first kappa shape index (κ1) is 14.0. The molecule has 0 aliphatic carbocycles. The van der Waals surface area contributed by atoms with Gasteiger partial charge in [0.1, 0.15) is 0 Å². The van der Waals surface area contributed by atoms with Crippen LogP contribution in [0.1, 0.15) is 36.4 Å². The average molecular weight is 274 g/mol. The topological polar surface area (TPSA) is 45.4 Å². The summed E-state index contributed by atoms with van der Waals surface area (Å²) in [6.45, 7) is 7.71. The number of nitrogens with zero attached hydrogens (tertiary/aromatic N) is 3. The number of hydrogen-bond acceptors (Lipinski definition) is 4. The lowest BCUT2D eigenvalue weighted by Crippen LogP contribution is -2.40. The molecule has 0 bridgehead atoms. The molecule has 2 fully saturated rings. The second-order valence-electron chi connectivity index (χ2n) is 6.16. The van der Waals surface area contributed by atoms with Crippen molar-refractivity contribution in [1.29, 1.82) is 0 Å². The molecule has 4 nitrogen and oxygen atoms in total. The van der Waals surface area contributed by atoms with Gasteiger partial charge < -0.3 is 5.73 Å². The third-order valence-electron chi connectivity index (χ3n) is 4.94. The third-order valence-corrected chi connectivity index (χ3v) is 4.94. The lowest BCUT2D eigenvalue weighted by Gasteiger charge is -2.33. The minimum atomic E-state index is 0.323. The van der Waals surface area contributed by atoms with Crippen LogP contribution >= 0.6 is 0 Å². The molecular weight excluding hydrogens is 248 g/mol. The Morgan fingerprint density at radius 3 is 3.00 bits per heavy atom. The fourth-order valence-corrected chi connectivity index (χ4v) is 3.82. The number of hydrogen-bond donors (Lipinski definition) is 1. The molecule has 2 saturated heterocycles. The maximum Gasteiger partial charge on any atom is 0.0488 e. The van der Waals surface area contributed by atoms with Gasteiger partial charge in [-0.1, -0.05) is 0 Å². The standard InChI is InChI=1S/C16H26N4/c1-13-5-6-18-11-15(13)16(10-17)20-9-3-8-19-7-2-4-14(19)12-20/h5-6,11,14,16H,2-4,7-10,12,17H2,1H3. The summed E-state index contributed by atoms with van der Waals surface area (Å²) in [6.07, 6.45) is 7.83. The van der Waals surface area contributed by atoms with Gasteiger partial charge in [-0.15, -0.1) is 0 Å². The van der Waals surface area contributed by atoms with Crippen LogP contribution in [-0.4, -0.2) is 53.5 Å².